The lowest BCUT2D eigenvalue weighted by Gasteiger charge is -2.08. The van der Waals surface area contributed by atoms with E-state index >= 15 is 0 Å². The van der Waals surface area contributed by atoms with Crippen LogP contribution < -0.4 is 9.86 Å². The van der Waals surface area contributed by atoms with Crippen molar-refractivity contribution in [3.63, 3.8) is 0 Å². The second kappa shape index (κ2) is 6.79. The van der Waals surface area contributed by atoms with E-state index in [1.165, 1.54) is 36.5 Å². The number of nitrogens with two attached hydrogens (primary N) is 1. The molecule has 0 radical (unpaired) electrons. The summed E-state index contributed by atoms with van der Waals surface area (Å²) in [6.07, 6.45) is 2.82. The molecular weight excluding hydrogens is 406 g/mol. The number of pyridine rings is 1. The lowest BCUT2D eigenvalue weighted by atomic mass is 10.3. The van der Waals surface area contributed by atoms with Crippen LogP contribution >= 0.6 is 15.9 Å². The number of hydrogen-bond donors (Lipinski definition) is 2. The lowest BCUT2D eigenvalue weighted by molar-refractivity contribution is 0.598. The summed E-state index contributed by atoms with van der Waals surface area (Å²) in [5.41, 5.74) is 0.451. The number of hydrogen-bond acceptors (Lipinski definition) is 5. The number of sulfonamides is 2. The Bertz CT molecular complexity index is 939. The SMILES string of the molecule is NS(=O)(=O)c1ccccc1NS(=O)(=O)/C=C/c1ccc(Br)nc1. The molecule has 1 heterocycles. The smallest absolute Gasteiger partial charge is 0.255 e. The summed E-state index contributed by atoms with van der Waals surface area (Å²) in [7, 11) is -7.96. The van der Waals surface area contributed by atoms with Crippen LogP contribution in [0.1, 0.15) is 5.56 Å². The largest absolute Gasteiger partial charge is 0.279 e. The van der Waals surface area contributed by atoms with Crippen molar-refractivity contribution in [2.75, 3.05) is 4.72 Å². The topological polar surface area (TPSA) is 119 Å². The first-order chi connectivity index (χ1) is 10.7. The summed E-state index contributed by atoms with van der Waals surface area (Å²) in [5.74, 6) is 0. The molecule has 0 bridgehead atoms. The maximum Gasteiger partial charge on any atom is 0.255 e. The van der Waals surface area contributed by atoms with Crippen molar-refractivity contribution in [2.45, 2.75) is 4.90 Å². The molecule has 1 aromatic heterocycles. The summed E-state index contributed by atoms with van der Waals surface area (Å²) in [6, 6.07) is 8.80. The molecular formula is C13H12BrN3O4S2. The van der Waals surface area contributed by atoms with E-state index in [-0.39, 0.29) is 10.6 Å². The molecule has 0 unspecified atom stereocenters. The third-order valence-electron chi connectivity index (χ3n) is 2.64. The zero-order valence-electron chi connectivity index (χ0n) is 11.5. The molecule has 0 atom stereocenters. The zero-order chi connectivity index (χ0) is 17.1. The highest BCUT2D eigenvalue weighted by atomic mass is 79.9. The Labute approximate surface area is 142 Å². The number of anilines is 1. The van der Waals surface area contributed by atoms with Crippen LogP contribution in [0, 0.1) is 0 Å². The summed E-state index contributed by atoms with van der Waals surface area (Å²) < 4.78 is 49.8. The van der Waals surface area contributed by atoms with E-state index in [4.69, 9.17) is 5.14 Å². The van der Waals surface area contributed by atoms with Crippen LogP contribution in [0.15, 0.2) is 57.5 Å². The van der Waals surface area contributed by atoms with E-state index < -0.39 is 20.0 Å². The van der Waals surface area contributed by atoms with Crippen LogP contribution in [0.5, 0.6) is 0 Å². The minimum Gasteiger partial charge on any atom is -0.279 e. The standard InChI is InChI=1S/C13H12BrN3O4S2/c14-13-6-5-10(9-16-13)7-8-22(18,19)17-11-3-1-2-4-12(11)23(15,20)21/h1-9,17H,(H2,15,20,21)/b8-7+. The highest BCUT2D eigenvalue weighted by molar-refractivity contribution is 9.10. The summed E-state index contributed by atoms with van der Waals surface area (Å²) in [6.45, 7) is 0. The normalized spacial score (nSPS) is 12.4. The van der Waals surface area contributed by atoms with Gasteiger partial charge in [0.05, 0.1) is 11.1 Å². The van der Waals surface area contributed by atoms with Crippen molar-refractivity contribution >= 4 is 47.7 Å². The number of aromatic nitrogens is 1. The molecule has 0 aliphatic carbocycles. The number of rotatable bonds is 5. The third-order valence-corrected chi connectivity index (χ3v) is 5.07. The van der Waals surface area contributed by atoms with E-state index in [2.05, 4.69) is 25.6 Å². The molecule has 2 aromatic rings. The number of halogens is 1. The predicted octanol–water partition coefficient (Wildman–Crippen LogP) is 1.90. The molecule has 0 amide bonds. The van der Waals surface area contributed by atoms with Gasteiger partial charge in [-0.25, -0.2) is 27.0 Å². The lowest BCUT2D eigenvalue weighted by Crippen LogP contribution is -2.17. The van der Waals surface area contributed by atoms with Crippen molar-refractivity contribution in [3.05, 3.63) is 58.2 Å². The van der Waals surface area contributed by atoms with Gasteiger partial charge in [0.2, 0.25) is 10.0 Å². The fourth-order valence-corrected chi connectivity index (χ4v) is 3.52. The van der Waals surface area contributed by atoms with E-state index in [9.17, 15) is 16.8 Å². The number of para-hydroxylation sites is 1. The molecule has 0 fully saturated rings. The monoisotopic (exact) mass is 417 g/mol. The van der Waals surface area contributed by atoms with Gasteiger partial charge in [-0.1, -0.05) is 18.2 Å². The average Bonchev–Trinajstić information content (AvgIpc) is 2.46. The molecule has 0 saturated carbocycles. The Morgan fingerprint density at radius 3 is 2.39 bits per heavy atom. The van der Waals surface area contributed by atoms with E-state index in [0.29, 0.717) is 10.2 Å². The van der Waals surface area contributed by atoms with Crippen LogP contribution in [-0.4, -0.2) is 21.8 Å². The van der Waals surface area contributed by atoms with Crippen molar-refractivity contribution in [3.8, 4) is 0 Å². The van der Waals surface area contributed by atoms with Gasteiger partial charge >= 0.3 is 0 Å². The Morgan fingerprint density at radius 2 is 1.78 bits per heavy atom. The first-order valence-corrected chi connectivity index (χ1v) is 10.0. The summed E-state index contributed by atoms with van der Waals surface area (Å²) >= 11 is 3.17. The molecule has 23 heavy (non-hydrogen) atoms. The predicted molar refractivity (Wildman–Crippen MR) is 91.3 cm³/mol. The number of benzene rings is 1. The van der Waals surface area contributed by atoms with Gasteiger partial charge in [-0.05, 0) is 45.8 Å². The van der Waals surface area contributed by atoms with E-state index in [0.717, 1.165) is 5.41 Å². The van der Waals surface area contributed by atoms with Gasteiger partial charge in [0.1, 0.15) is 9.50 Å². The second-order valence-electron chi connectivity index (χ2n) is 4.41. The van der Waals surface area contributed by atoms with Gasteiger partial charge in [-0.3, -0.25) is 4.72 Å². The zero-order valence-corrected chi connectivity index (χ0v) is 14.8. The van der Waals surface area contributed by atoms with Crippen molar-refractivity contribution in [1.82, 2.24) is 4.98 Å². The quantitative estimate of drug-likeness (QED) is 0.719. The maximum absolute atomic E-state index is 12.1. The van der Waals surface area contributed by atoms with Gasteiger partial charge in [-0.15, -0.1) is 0 Å². The maximum atomic E-state index is 12.1. The molecule has 0 saturated heterocycles. The van der Waals surface area contributed by atoms with Crippen molar-refractivity contribution in [2.24, 2.45) is 5.14 Å². The fraction of sp³-hybridized carbons (Fsp3) is 0. The molecule has 0 aliphatic rings. The Morgan fingerprint density at radius 1 is 1.09 bits per heavy atom. The van der Waals surface area contributed by atoms with Gasteiger partial charge in [0.25, 0.3) is 10.0 Å². The highest BCUT2D eigenvalue weighted by Gasteiger charge is 2.16. The molecule has 7 nitrogen and oxygen atoms in total. The van der Waals surface area contributed by atoms with Crippen LogP contribution in [0.4, 0.5) is 5.69 Å². The van der Waals surface area contributed by atoms with Crippen molar-refractivity contribution < 1.29 is 16.8 Å². The van der Waals surface area contributed by atoms with Gasteiger partial charge < -0.3 is 0 Å². The second-order valence-corrected chi connectivity index (χ2v) is 8.31. The first kappa shape index (κ1) is 17.6. The van der Waals surface area contributed by atoms with Gasteiger partial charge in [0, 0.05) is 6.20 Å². The van der Waals surface area contributed by atoms with E-state index in [1.54, 1.807) is 12.1 Å². The summed E-state index contributed by atoms with van der Waals surface area (Å²) in [5, 5.41) is 5.98. The molecule has 2 rings (SSSR count). The van der Waals surface area contributed by atoms with Crippen LogP contribution in [0.25, 0.3) is 6.08 Å². The molecule has 122 valence electrons. The van der Waals surface area contributed by atoms with Crippen LogP contribution in [0.3, 0.4) is 0 Å². The highest BCUT2D eigenvalue weighted by Crippen LogP contribution is 2.21. The van der Waals surface area contributed by atoms with Gasteiger partial charge in [-0.2, -0.15) is 0 Å². The number of nitrogens with one attached hydrogen (secondary N) is 1. The summed E-state index contributed by atoms with van der Waals surface area (Å²) in [4.78, 5) is 3.66. The molecule has 1 aromatic carbocycles. The fourth-order valence-electron chi connectivity index (χ4n) is 1.64. The average molecular weight is 418 g/mol. The molecule has 3 N–H and O–H groups in total. The Kier molecular flexibility index (Phi) is 5.19. The Balaban J connectivity index is 2.27. The molecule has 0 aliphatic heterocycles. The minimum absolute atomic E-state index is 0.117. The van der Waals surface area contributed by atoms with Crippen LogP contribution in [-0.2, 0) is 20.0 Å². The van der Waals surface area contributed by atoms with Gasteiger partial charge in [0.15, 0.2) is 0 Å². The minimum atomic E-state index is -4.04. The third kappa shape index (κ3) is 5.13. The molecule has 10 heteroatoms. The number of primary sulfonamides is 1. The van der Waals surface area contributed by atoms with Crippen molar-refractivity contribution in [1.29, 1.82) is 0 Å². The molecule has 0 spiro atoms. The Hall–Kier alpha value is -1.75. The van der Waals surface area contributed by atoms with E-state index in [1.807, 2.05) is 0 Å². The number of nitrogens with zero attached hydrogens (tertiary/aromatic N) is 1. The van der Waals surface area contributed by atoms with Crippen LogP contribution in [0.2, 0.25) is 0 Å². The first-order valence-electron chi connectivity index (χ1n) is 6.12.